The van der Waals surface area contributed by atoms with Crippen LogP contribution in [0.2, 0.25) is 0 Å². The molecule has 0 aliphatic carbocycles. The van der Waals surface area contributed by atoms with Crippen LogP contribution in [0, 0.1) is 6.92 Å². The lowest BCUT2D eigenvalue weighted by molar-refractivity contribution is -0.265. The van der Waals surface area contributed by atoms with E-state index in [9.17, 15) is 23.1 Å². The number of rotatable bonds is 5. The summed E-state index contributed by atoms with van der Waals surface area (Å²) < 4.78 is 40.1. The molecule has 1 atom stereocenters. The van der Waals surface area contributed by atoms with Crippen molar-refractivity contribution in [3.8, 4) is 0 Å². The van der Waals surface area contributed by atoms with E-state index in [0.29, 0.717) is 5.56 Å². The van der Waals surface area contributed by atoms with E-state index >= 15 is 0 Å². The monoisotopic (exact) mass is 334 g/mol. The minimum absolute atomic E-state index is 0.252. The molecule has 5 heteroatoms. The van der Waals surface area contributed by atoms with Gasteiger partial charge in [0.2, 0.25) is 0 Å². The number of carbonyl (C=O) groups excluding carboxylic acids is 1. The van der Waals surface area contributed by atoms with Gasteiger partial charge in [-0.2, -0.15) is 13.2 Å². The SMILES string of the molecule is Cc1ccc([C@@](O)(C/C=C/C(=O)c2ccccc2)C(F)(F)F)cc1. The molecule has 0 spiro atoms. The van der Waals surface area contributed by atoms with Gasteiger partial charge in [0.1, 0.15) is 0 Å². The summed E-state index contributed by atoms with van der Waals surface area (Å²) in [5.41, 5.74) is -2.12. The van der Waals surface area contributed by atoms with Crippen LogP contribution in [0.4, 0.5) is 13.2 Å². The Morgan fingerprint density at radius 1 is 1.04 bits per heavy atom. The molecular weight excluding hydrogens is 317 g/mol. The molecule has 0 aliphatic rings. The molecule has 24 heavy (non-hydrogen) atoms. The summed E-state index contributed by atoms with van der Waals surface area (Å²) in [5, 5.41) is 10.2. The van der Waals surface area contributed by atoms with E-state index in [-0.39, 0.29) is 5.56 Å². The summed E-state index contributed by atoms with van der Waals surface area (Å²) in [7, 11) is 0. The number of benzene rings is 2. The number of halogens is 3. The van der Waals surface area contributed by atoms with E-state index in [1.165, 1.54) is 24.3 Å². The summed E-state index contributed by atoms with van der Waals surface area (Å²) in [6.45, 7) is 1.74. The van der Waals surface area contributed by atoms with Gasteiger partial charge < -0.3 is 5.11 Å². The topological polar surface area (TPSA) is 37.3 Å². The van der Waals surface area contributed by atoms with Crippen LogP contribution in [-0.4, -0.2) is 17.1 Å². The Bertz CT molecular complexity index is 719. The van der Waals surface area contributed by atoms with Gasteiger partial charge in [0.25, 0.3) is 0 Å². The van der Waals surface area contributed by atoms with Crippen molar-refractivity contribution in [3.05, 3.63) is 83.4 Å². The summed E-state index contributed by atoms with van der Waals surface area (Å²) in [6.07, 6.45) is -3.48. The van der Waals surface area contributed by atoms with E-state index in [2.05, 4.69) is 0 Å². The largest absolute Gasteiger partial charge is 0.421 e. The number of carbonyl (C=O) groups is 1. The van der Waals surface area contributed by atoms with Crippen LogP contribution < -0.4 is 0 Å². The fourth-order valence-electron chi connectivity index (χ4n) is 2.26. The number of allylic oxidation sites excluding steroid dienone is 1. The smallest absolute Gasteiger partial charge is 0.376 e. The number of aliphatic hydroxyl groups is 1. The summed E-state index contributed by atoms with van der Waals surface area (Å²) in [4.78, 5) is 11.9. The molecule has 0 unspecified atom stereocenters. The summed E-state index contributed by atoms with van der Waals surface area (Å²) >= 11 is 0. The van der Waals surface area contributed by atoms with E-state index in [0.717, 1.165) is 17.7 Å². The van der Waals surface area contributed by atoms with Crippen LogP contribution >= 0.6 is 0 Å². The number of hydrogen-bond acceptors (Lipinski definition) is 2. The lowest BCUT2D eigenvalue weighted by Gasteiger charge is -2.30. The third kappa shape index (κ3) is 3.92. The van der Waals surface area contributed by atoms with Crippen molar-refractivity contribution < 1.29 is 23.1 Å². The molecule has 0 amide bonds. The number of alkyl halides is 3. The van der Waals surface area contributed by atoms with Crippen molar-refractivity contribution >= 4 is 5.78 Å². The van der Waals surface area contributed by atoms with Crippen LogP contribution in [-0.2, 0) is 5.60 Å². The van der Waals surface area contributed by atoms with Crippen LogP contribution in [0.25, 0.3) is 0 Å². The molecule has 0 saturated carbocycles. The molecule has 2 rings (SSSR count). The first-order valence-electron chi connectivity index (χ1n) is 7.36. The van der Waals surface area contributed by atoms with Crippen LogP contribution in [0.15, 0.2) is 66.7 Å². The van der Waals surface area contributed by atoms with E-state index in [1.807, 2.05) is 0 Å². The number of aryl methyl sites for hydroxylation is 1. The molecule has 1 N–H and O–H groups in total. The highest BCUT2D eigenvalue weighted by molar-refractivity contribution is 6.04. The maximum atomic E-state index is 13.4. The molecule has 0 saturated heterocycles. The van der Waals surface area contributed by atoms with E-state index in [4.69, 9.17) is 0 Å². The van der Waals surface area contributed by atoms with Crippen molar-refractivity contribution in [2.75, 3.05) is 0 Å². The molecule has 2 aromatic rings. The molecule has 0 fully saturated rings. The summed E-state index contributed by atoms with van der Waals surface area (Å²) in [6, 6.07) is 13.7. The molecular formula is C19H17F3O2. The first-order chi connectivity index (χ1) is 11.2. The predicted molar refractivity (Wildman–Crippen MR) is 85.7 cm³/mol. The number of ketones is 1. The lowest BCUT2D eigenvalue weighted by atomic mass is 9.89. The van der Waals surface area contributed by atoms with Crippen molar-refractivity contribution in [2.24, 2.45) is 0 Å². The average Bonchev–Trinajstić information content (AvgIpc) is 2.55. The van der Waals surface area contributed by atoms with E-state index < -0.39 is 24.0 Å². The predicted octanol–water partition coefficient (Wildman–Crippen LogP) is 4.57. The average molecular weight is 334 g/mol. The van der Waals surface area contributed by atoms with Gasteiger partial charge in [0.15, 0.2) is 11.4 Å². The Kier molecular flexibility index (Phi) is 5.24. The maximum Gasteiger partial charge on any atom is 0.421 e. The van der Waals surface area contributed by atoms with Gasteiger partial charge in [-0.3, -0.25) is 4.79 Å². The fraction of sp³-hybridized carbons (Fsp3) is 0.211. The highest BCUT2D eigenvalue weighted by Gasteiger charge is 2.54. The molecule has 0 aromatic heterocycles. The van der Waals surface area contributed by atoms with Gasteiger partial charge in [-0.15, -0.1) is 0 Å². The Hall–Kier alpha value is -2.40. The zero-order valence-electron chi connectivity index (χ0n) is 13.0. The normalized spacial score (nSPS) is 14.5. The molecule has 126 valence electrons. The second-order valence-corrected chi connectivity index (χ2v) is 5.56. The van der Waals surface area contributed by atoms with E-state index in [1.54, 1.807) is 37.3 Å². The first-order valence-corrected chi connectivity index (χ1v) is 7.36. The Balaban J connectivity index is 2.23. The van der Waals surface area contributed by atoms with Gasteiger partial charge in [-0.25, -0.2) is 0 Å². The van der Waals surface area contributed by atoms with Crippen molar-refractivity contribution in [1.82, 2.24) is 0 Å². The molecule has 0 heterocycles. The highest BCUT2D eigenvalue weighted by Crippen LogP contribution is 2.41. The van der Waals surface area contributed by atoms with Crippen molar-refractivity contribution in [1.29, 1.82) is 0 Å². The second-order valence-electron chi connectivity index (χ2n) is 5.56. The second kappa shape index (κ2) is 7.01. The highest BCUT2D eigenvalue weighted by atomic mass is 19.4. The first kappa shape index (κ1) is 17.9. The Labute approximate surface area is 138 Å². The maximum absolute atomic E-state index is 13.4. The van der Waals surface area contributed by atoms with Gasteiger partial charge in [0.05, 0.1) is 0 Å². The third-order valence-corrected chi connectivity index (χ3v) is 3.74. The standard InChI is InChI=1S/C19H17F3O2/c1-14-9-11-16(12-10-14)18(24,19(20,21)22)13-5-8-17(23)15-6-3-2-4-7-15/h2-12,24H,13H2,1H3/b8-5+/t18-/m0/s1. The minimum Gasteiger partial charge on any atom is -0.376 e. The minimum atomic E-state index is -4.86. The third-order valence-electron chi connectivity index (χ3n) is 3.74. The van der Waals surface area contributed by atoms with Gasteiger partial charge in [0, 0.05) is 12.0 Å². The van der Waals surface area contributed by atoms with Gasteiger partial charge in [-0.1, -0.05) is 66.2 Å². The lowest BCUT2D eigenvalue weighted by Crippen LogP contribution is -2.41. The quantitative estimate of drug-likeness (QED) is 0.642. The number of hydrogen-bond donors (Lipinski definition) is 1. The summed E-state index contributed by atoms with van der Waals surface area (Å²) in [5.74, 6) is -0.413. The molecule has 0 aliphatic heterocycles. The molecule has 2 nitrogen and oxygen atoms in total. The molecule has 0 bridgehead atoms. The molecule has 0 radical (unpaired) electrons. The van der Waals surface area contributed by atoms with Gasteiger partial charge in [-0.05, 0) is 18.6 Å². The Morgan fingerprint density at radius 2 is 1.62 bits per heavy atom. The van der Waals surface area contributed by atoms with Crippen LogP contribution in [0.5, 0.6) is 0 Å². The zero-order valence-corrected chi connectivity index (χ0v) is 13.0. The fourth-order valence-corrected chi connectivity index (χ4v) is 2.26. The Morgan fingerprint density at radius 3 is 2.17 bits per heavy atom. The molecule has 2 aromatic carbocycles. The zero-order chi connectivity index (χ0) is 17.8. The van der Waals surface area contributed by atoms with Crippen molar-refractivity contribution in [2.45, 2.75) is 25.1 Å². The van der Waals surface area contributed by atoms with Crippen LogP contribution in [0.3, 0.4) is 0 Å². The van der Waals surface area contributed by atoms with Gasteiger partial charge >= 0.3 is 6.18 Å². The van der Waals surface area contributed by atoms with Crippen molar-refractivity contribution in [3.63, 3.8) is 0 Å². The van der Waals surface area contributed by atoms with Crippen LogP contribution in [0.1, 0.15) is 27.9 Å².